The van der Waals surface area contributed by atoms with Gasteiger partial charge in [0, 0.05) is 12.1 Å². The standard InChI is InChI=1S/C20H19FN4O3S/c21-18-11-16(5-7-19(18)25-13-22-12-23-25)24-20(26)8-9-29(27,28)17-6-4-14-2-1-3-15(14)10-17/h4-7,10-13H,1-3,8-9H2,(H,24,26). The van der Waals surface area contributed by atoms with Crippen LogP contribution in [0.2, 0.25) is 0 Å². The molecule has 1 amide bonds. The van der Waals surface area contributed by atoms with E-state index in [1.165, 1.54) is 35.0 Å². The Morgan fingerprint density at radius 2 is 1.97 bits per heavy atom. The van der Waals surface area contributed by atoms with Gasteiger partial charge < -0.3 is 5.32 Å². The molecule has 0 bridgehead atoms. The molecule has 0 radical (unpaired) electrons. The van der Waals surface area contributed by atoms with E-state index in [9.17, 15) is 17.6 Å². The Bertz CT molecular complexity index is 1160. The van der Waals surface area contributed by atoms with Gasteiger partial charge in [0.2, 0.25) is 5.91 Å². The minimum absolute atomic E-state index is 0.194. The number of aryl methyl sites for hydroxylation is 2. The number of rotatable bonds is 6. The van der Waals surface area contributed by atoms with Crippen LogP contribution in [0.5, 0.6) is 0 Å². The summed E-state index contributed by atoms with van der Waals surface area (Å²) in [7, 11) is -3.57. The quantitative estimate of drug-likeness (QED) is 0.669. The largest absolute Gasteiger partial charge is 0.326 e. The van der Waals surface area contributed by atoms with E-state index >= 15 is 0 Å². The third kappa shape index (κ3) is 4.19. The van der Waals surface area contributed by atoms with Crippen molar-refractivity contribution in [1.82, 2.24) is 14.8 Å². The predicted molar refractivity (Wildman–Crippen MR) is 105 cm³/mol. The van der Waals surface area contributed by atoms with Crippen LogP contribution in [0.15, 0.2) is 53.9 Å². The first-order valence-electron chi connectivity index (χ1n) is 9.21. The molecule has 1 aromatic heterocycles. The SMILES string of the molecule is O=C(CCS(=O)(=O)c1ccc2c(c1)CCC2)Nc1ccc(-n2cncn2)c(F)c1. The van der Waals surface area contributed by atoms with E-state index in [0.717, 1.165) is 30.9 Å². The van der Waals surface area contributed by atoms with Gasteiger partial charge in [-0.1, -0.05) is 6.07 Å². The molecule has 1 aliphatic carbocycles. The highest BCUT2D eigenvalue weighted by atomic mass is 32.2. The first-order chi connectivity index (χ1) is 13.9. The maximum absolute atomic E-state index is 14.2. The van der Waals surface area contributed by atoms with Gasteiger partial charge in [-0.2, -0.15) is 5.10 Å². The zero-order chi connectivity index (χ0) is 20.4. The fourth-order valence-corrected chi connectivity index (χ4v) is 4.70. The number of nitrogens with one attached hydrogen (secondary N) is 1. The van der Waals surface area contributed by atoms with Crippen molar-refractivity contribution >= 4 is 21.4 Å². The van der Waals surface area contributed by atoms with Gasteiger partial charge in [0.1, 0.15) is 18.3 Å². The molecule has 1 aliphatic rings. The molecule has 0 atom stereocenters. The average molecular weight is 414 g/mol. The Morgan fingerprint density at radius 1 is 1.14 bits per heavy atom. The molecular weight excluding hydrogens is 395 g/mol. The first-order valence-corrected chi connectivity index (χ1v) is 10.9. The van der Waals surface area contributed by atoms with Crippen LogP contribution in [0.3, 0.4) is 0 Å². The second kappa shape index (κ2) is 7.75. The molecule has 3 aromatic rings. The number of amides is 1. The van der Waals surface area contributed by atoms with Gasteiger partial charge in [0.15, 0.2) is 15.7 Å². The summed E-state index contributed by atoms with van der Waals surface area (Å²) in [5.74, 6) is -1.39. The molecule has 0 spiro atoms. The molecule has 7 nitrogen and oxygen atoms in total. The minimum Gasteiger partial charge on any atom is -0.326 e. The Hall–Kier alpha value is -3.07. The number of anilines is 1. The van der Waals surface area contributed by atoms with Crippen LogP contribution in [-0.4, -0.2) is 34.8 Å². The third-order valence-corrected chi connectivity index (χ3v) is 6.64. The number of nitrogens with zero attached hydrogens (tertiary/aromatic N) is 3. The first kappa shape index (κ1) is 19.3. The summed E-state index contributed by atoms with van der Waals surface area (Å²) >= 11 is 0. The number of fused-ring (bicyclic) bond motifs is 1. The number of hydrogen-bond acceptors (Lipinski definition) is 5. The van der Waals surface area contributed by atoms with E-state index in [-0.39, 0.29) is 28.4 Å². The Labute approximate surface area is 167 Å². The van der Waals surface area contributed by atoms with Crippen LogP contribution in [0.4, 0.5) is 10.1 Å². The maximum Gasteiger partial charge on any atom is 0.225 e. The van der Waals surface area contributed by atoms with Crippen molar-refractivity contribution in [3.05, 3.63) is 66.0 Å². The molecule has 0 aliphatic heterocycles. The molecular formula is C20H19FN4O3S. The summed E-state index contributed by atoms with van der Waals surface area (Å²) in [4.78, 5) is 16.2. The zero-order valence-electron chi connectivity index (χ0n) is 15.5. The van der Waals surface area contributed by atoms with Crippen LogP contribution in [-0.2, 0) is 27.5 Å². The maximum atomic E-state index is 14.2. The van der Waals surface area contributed by atoms with Gasteiger partial charge in [0.05, 0.1) is 10.6 Å². The smallest absolute Gasteiger partial charge is 0.225 e. The average Bonchev–Trinajstić information content (AvgIpc) is 3.38. The van der Waals surface area contributed by atoms with E-state index in [4.69, 9.17) is 0 Å². The predicted octanol–water partition coefficient (Wildman–Crippen LogP) is 2.70. The second-order valence-electron chi connectivity index (χ2n) is 6.91. The monoisotopic (exact) mass is 414 g/mol. The lowest BCUT2D eigenvalue weighted by Gasteiger charge is -2.09. The molecule has 4 rings (SSSR count). The van der Waals surface area contributed by atoms with E-state index in [0.29, 0.717) is 0 Å². The van der Waals surface area contributed by atoms with Gasteiger partial charge in [-0.25, -0.2) is 22.5 Å². The lowest BCUT2D eigenvalue weighted by molar-refractivity contribution is -0.115. The van der Waals surface area contributed by atoms with E-state index in [1.807, 2.05) is 6.07 Å². The normalized spacial score (nSPS) is 13.3. The van der Waals surface area contributed by atoms with Crippen LogP contribution in [0, 0.1) is 5.82 Å². The summed E-state index contributed by atoms with van der Waals surface area (Å²) in [6, 6.07) is 9.32. The van der Waals surface area contributed by atoms with Crippen molar-refractivity contribution in [2.24, 2.45) is 0 Å². The third-order valence-electron chi connectivity index (χ3n) is 4.92. The van der Waals surface area contributed by atoms with Gasteiger partial charge in [0.25, 0.3) is 0 Å². The highest BCUT2D eigenvalue weighted by molar-refractivity contribution is 7.91. The Kier molecular flexibility index (Phi) is 5.14. The fraction of sp³-hybridized carbons (Fsp3) is 0.250. The summed E-state index contributed by atoms with van der Waals surface area (Å²) in [5, 5.41) is 6.39. The topological polar surface area (TPSA) is 94.0 Å². The summed E-state index contributed by atoms with van der Waals surface area (Å²) in [6.45, 7) is 0. The second-order valence-corrected chi connectivity index (χ2v) is 9.02. The van der Waals surface area contributed by atoms with Crippen molar-refractivity contribution in [1.29, 1.82) is 0 Å². The molecule has 1 N–H and O–H groups in total. The number of hydrogen-bond donors (Lipinski definition) is 1. The molecule has 0 saturated heterocycles. The molecule has 2 aromatic carbocycles. The van der Waals surface area contributed by atoms with Crippen LogP contribution >= 0.6 is 0 Å². The van der Waals surface area contributed by atoms with Crippen LogP contribution in [0.25, 0.3) is 5.69 Å². The van der Waals surface area contributed by atoms with E-state index in [1.54, 1.807) is 12.1 Å². The molecule has 29 heavy (non-hydrogen) atoms. The van der Waals surface area contributed by atoms with E-state index in [2.05, 4.69) is 15.4 Å². The van der Waals surface area contributed by atoms with Gasteiger partial charge in [-0.15, -0.1) is 0 Å². The van der Waals surface area contributed by atoms with Crippen molar-refractivity contribution in [2.75, 3.05) is 11.1 Å². The molecule has 9 heteroatoms. The Morgan fingerprint density at radius 3 is 2.72 bits per heavy atom. The summed E-state index contributed by atoms with van der Waals surface area (Å²) in [6.07, 6.45) is 5.33. The van der Waals surface area contributed by atoms with Crippen molar-refractivity contribution < 1.29 is 17.6 Å². The number of carbonyl (C=O) groups excluding carboxylic acids is 1. The lowest BCUT2D eigenvalue weighted by atomic mass is 10.1. The zero-order valence-corrected chi connectivity index (χ0v) is 16.3. The van der Waals surface area contributed by atoms with Crippen molar-refractivity contribution in [2.45, 2.75) is 30.6 Å². The highest BCUT2D eigenvalue weighted by Crippen LogP contribution is 2.25. The van der Waals surface area contributed by atoms with Crippen molar-refractivity contribution in [3.63, 3.8) is 0 Å². The number of aromatic nitrogens is 3. The lowest BCUT2D eigenvalue weighted by Crippen LogP contribution is -2.17. The fourth-order valence-electron chi connectivity index (χ4n) is 3.41. The van der Waals surface area contributed by atoms with Gasteiger partial charge in [-0.05, 0) is 60.7 Å². The Balaban J connectivity index is 1.39. The number of carbonyl (C=O) groups is 1. The van der Waals surface area contributed by atoms with E-state index < -0.39 is 21.6 Å². The molecule has 0 fully saturated rings. The number of benzene rings is 2. The number of halogens is 1. The van der Waals surface area contributed by atoms with Gasteiger partial charge in [-0.3, -0.25) is 4.79 Å². The van der Waals surface area contributed by atoms with Crippen LogP contribution < -0.4 is 5.32 Å². The van der Waals surface area contributed by atoms with Crippen molar-refractivity contribution in [3.8, 4) is 5.69 Å². The molecule has 0 unspecified atom stereocenters. The molecule has 1 heterocycles. The number of sulfone groups is 1. The molecule has 150 valence electrons. The van der Waals surface area contributed by atoms with Crippen LogP contribution in [0.1, 0.15) is 24.0 Å². The highest BCUT2D eigenvalue weighted by Gasteiger charge is 2.20. The molecule has 0 saturated carbocycles. The van der Waals surface area contributed by atoms with Gasteiger partial charge >= 0.3 is 0 Å². The minimum atomic E-state index is -3.57. The summed E-state index contributed by atoms with van der Waals surface area (Å²) < 4.78 is 40.6. The summed E-state index contributed by atoms with van der Waals surface area (Å²) in [5.41, 5.74) is 2.70.